The van der Waals surface area contributed by atoms with Crippen LogP contribution in [0.3, 0.4) is 0 Å². The van der Waals surface area contributed by atoms with Gasteiger partial charge in [0.2, 0.25) is 5.91 Å². The van der Waals surface area contributed by atoms with Gasteiger partial charge in [-0.25, -0.2) is 0 Å². The first-order chi connectivity index (χ1) is 10.2. The number of amides is 1. The number of aryl methyl sites for hydroxylation is 1. The average Bonchev–Trinajstić information content (AvgIpc) is 3.01. The predicted octanol–water partition coefficient (Wildman–Crippen LogP) is 3.57. The summed E-state index contributed by atoms with van der Waals surface area (Å²) < 4.78 is 5.48. The molecule has 1 aromatic carbocycles. The number of ether oxygens (including phenoxy) is 1. The number of hydrogen-bond donors (Lipinski definition) is 1. The highest BCUT2D eigenvalue weighted by atomic mass is 32.1. The summed E-state index contributed by atoms with van der Waals surface area (Å²) in [6.07, 6.45) is 3.22. The molecule has 1 heterocycles. The Balaban J connectivity index is 1.91. The zero-order valence-corrected chi connectivity index (χ0v) is 13.0. The van der Waals surface area contributed by atoms with Crippen molar-refractivity contribution in [1.29, 1.82) is 0 Å². The molecular weight excluding hydrogens is 282 g/mol. The van der Waals surface area contributed by atoms with E-state index in [2.05, 4.69) is 5.32 Å². The summed E-state index contributed by atoms with van der Waals surface area (Å²) in [7, 11) is 1.66. The van der Waals surface area contributed by atoms with Crippen LogP contribution in [0.25, 0.3) is 6.08 Å². The van der Waals surface area contributed by atoms with E-state index < -0.39 is 0 Å². The van der Waals surface area contributed by atoms with Crippen LogP contribution in [0.1, 0.15) is 22.8 Å². The Morgan fingerprint density at radius 3 is 2.86 bits per heavy atom. The number of thiophene rings is 1. The van der Waals surface area contributed by atoms with Crippen molar-refractivity contribution in [2.45, 2.75) is 13.0 Å². The van der Waals surface area contributed by atoms with E-state index in [9.17, 15) is 4.79 Å². The third kappa shape index (κ3) is 4.55. The van der Waals surface area contributed by atoms with Gasteiger partial charge in [-0.2, -0.15) is 11.3 Å². The molecule has 1 amide bonds. The Morgan fingerprint density at radius 2 is 2.19 bits per heavy atom. The SMILES string of the molecule is COC(CNC(=O)C=Cc1ccsc1)c1ccccc1C. The Kier molecular flexibility index (Phi) is 5.72. The van der Waals surface area contributed by atoms with Crippen molar-refractivity contribution >= 4 is 23.3 Å². The molecule has 0 aliphatic rings. The molecule has 2 rings (SSSR count). The Labute approximate surface area is 129 Å². The van der Waals surface area contributed by atoms with Gasteiger partial charge in [-0.1, -0.05) is 24.3 Å². The maximum absolute atomic E-state index is 11.8. The molecule has 21 heavy (non-hydrogen) atoms. The molecule has 0 saturated carbocycles. The minimum absolute atomic E-state index is 0.114. The molecule has 0 spiro atoms. The number of carbonyl (C=O) groups excluding carboxylic acids is 1. The maximum Gasteiger partial charge on any atom is 0.244 e. The second-order valence-corrected chi connectivity index (χ2v) is 5.50. The number of hydrogen-bond acceptors (Lipinski definition) is 3. The molecule has 110 valence electrons. The predicted molar refractivity (Wildman–Crippen MR) is 87.3 cm³/mol. The molecule has 0 bridgehead atoms. The van der Waals surface area contributed by atoms with Gasteiger partial charge in [0, 0.05) is 19.7 Å². The summed E-state index contributed by atoms with van der Waals surface area (Å²) in [5, 5.41) is 6.85. The second kappa shape index (κ2) is 7.76. The molecule has 2 aromatic rings. The molecule has 3 nitrogen and oxygen atoms in total. The van der Waals surface area contributed by atoms with E-state index in [1.165, 1.54) is 0 Å². The first kappa shape index (κ1) is 15.5. The van der Waals surface area contributed by atoms with E-state index in [4.69, 9.17) is 4.74 Å². The molecule has 1 aromatic heterocycles. The lowest BCUT2D eigenvalue weighted by atomic mass is 10.0. The standard InChI is InChI=1S/C17H19NO2S/c1-13-5-3-4-6-15(13)16(20-2)11-18-17(19)8-7-14-9-10-21-12-14/h3-10,12,16H,11H2,1-2H3,(H,18,19). The molecule has 1 unspecified atom stereocenters. The molecule has 1 N–H and O–H groups in total. The van der Waals surface area contributed by atoms with E-state index in [0.717, 1.165) is 16.7 Å². The van der Waals surface area contributed by atoms with Crippen LogP contribution in [0.4, 0.5) is 0 Å². The summed E-state index contributed by atoms with van der Waals surface area (Å²) in [6, 6.07) is 10.0. The summed E-state index contributed by atoms with van der Waals surface area (Å²) >= 11 is 1.61. The van der Waals surface area contributed by atoms with Crippen molar-refractivity contribution in [3.05, 3.63) is 63.9 Å². The van der Waals surface area contributed by atoms with E-state index in [1.807, 2.05) is 48.0 Å². The largest absolute Gasteiger partial charge is 0.375 e. The number of methoxy groups -OCH3 is 1. The van der Waals surface area contributed by atoms with Crippen LogP contribution >= 0.6 is 11.3 Å². The second-order valence-electron chi connectivity index (χ2n) is 4.72. The maximum atomic E-state index is 11.8. The van der Waals surface area contributed by atoms with Gasteiger partial charge in [-0.3, -0.25) is 4.79 Å². The van der Waals surface area contributed by atoms with Gasteiger partial charge in [0.25, 0.3) is 0 Å². The highest BCUT2D eigenvalue weighted by molar-refractivity contribution is 7.08. The molecule has 4 heteroatoms. The van der Waals surface area contributed by atoms with E-state index in [0.29, 0.717) is 6.54 Å². The van der Waals surface area contributed by atoms with E-state index in [1.54, 1.807) is 30.6 Å². The molecule has 0 aliphatic carbocycles. The molecule has 0 aliphatic heterocycles. The fraction of sp³-hybridized carbons (Fsp3) is 0.235. The fourth-order valence-corrected chi connectivity index (χ4v) is 2.69. The quantitative estimate of drug-likeness (QED) is 0.828. The van der Waals surface area contributed by atoms with Crippen LogP contribution in [-0.2, 0) is 9.53 Å². The molecule has 0 radical (unpaired) electrons. The summed E-state index contributed by atoms with van der Waals surface area (Å²) in [5.74, 6) is -0.114. The Hall–Kier alpha value is -1.91. The van der Waals surface area contributed by atoms with Crippen molar-refractivity contribution in [3.63, 3.8) is 0 Å². The molecular formula is C17H19NO2S. The van der Waals surface area contributed by atoms with Crippen LogP contribution in [-0.4, -0.2) is 19.6 Å². The minimum Gasteiger partial charge on any atom is -0.375 e. The lowest BCUT2D eigenvalue weighted by Gasteiger charge is -2.18. The van der Waals surface area contributed by atoms with Gasteiger partial charge < -0.3 is 10.1 Å². The van der Waals surface area contributed by atoms with Crippen molar-refractivity contribution in [1.82, 2.24) is 5.32 Å². The van der Waals surface area contributed by atoms with Crippen LogP contribution < -0.4 is 5.32 Å². The van der Waals surface area contributed by atoms with E-state index in [-0.39, 0.29) is 12.0 Å². The third-order valence-electron chi connectivity index (χ3n) is 3.25. The van der Waals surface area contributed by atoms with Crippen molar-refractivity contribution < 1.29 is 9.53 Å². The van der Waals surface area contributed by atoms with Crippen molar-refractivity contribution in [3.8, 4) is 0 Å². The highest BCUT2D eigenvalue weighted by Gasteiger charge is 2.13. The van der Waals surface area contributed by atoms with Crippen LogP contribution in [0.15, 0.2) is 47.2 Å². The molecule has 0 saturated heterocycles. The Bertz CT molecular complexity index is 605. The van der Waals surface area contributed by atoms with Gasteiger partial charge in [0.15, 0.2) is 0 Å². The van der Waals surface area contributed by atoms with Gasteiger partial charge >= 0.3 is 0 Å². The number of benzene rings is 1. The zero-order valence-electron chi connectivity index (χ0n) is 12.2. The van der Waals surface area contributed by atoms with Crippen molar-refractivity contribution in [2.75, 3.05) is 13.7 Å². The monoisotopic (exact) mass is 301 g/mol. The number of carbonyl (C=O) groups is 1. The van der Waals surface area contributed by atoms with Crippen LogP contribution in [0, 0.1) is 6.92 Å². The summed E-state index contributed by atoms with van der Waals surface area (Å²) in [6.45, 7) is 2.49. The molecule has 0 fully saturated rings. The number of rotatable bonds is 6. The fourth-order valence-electron chi connectivity index (χ4n) is 2.06. The van der Waals surface area contributed by atoms with Gasteiger partial charge in [0.1, 0.15) is 0 Å². The first-order valence-corrected chi connectivity index (χ1v) is 7.71. The lowest BCUT2D eigenvalue weighted by molar-refractivity contribution is -0.117. The van der Waals surface area contributed by atoms with Gasteiger partial charge in [0.05, 0.1) is 6.10 Å². The zero-order chi connectivity index (χ0) is 15.1. The molecule has 1 atom stereocenters. The smallest absolute Gasteiger partial charge is 0.244 e. The Morgan fingerprint density at radius 1 is 1.38 bits per heavy atom. The van der Waals surface area contributed by atoms with Crippen LogP contribution in [0.5, 0.6) is 0 Å². The topological polar surface area (TPSA) is 38.3 Å². The number of nitrogens with one attached hydrogen (secondary N) is 1. The van der Waals surface area contributed by atoms with Crippen LogP contribution in [0.2, 0.25) is 0 Å². The summed E-state index contributed by atoms with van der Waals surface area (Å²) in [4.78, 5) is 11.8. The summed E-state index contributed by atoms with van der Waals surface area (Å²) in [5.41, 5.74) is 3.30. The normalized spacial score (nSPS) is 12.5. The minimum atomic E-state index is -0.135. The van der Waals surface area contributed by atoms with E-state index >= 15 is 0 Å². The average molecular weight is 301 g/mol. The highest BCUT2D eigenvalue weighted by Crippen LogP contribution is 2.19. The van der Waals surface area contributed by atoms with Crippen molar-refractivity contribution in [2.24, 2.45) is 0 Å². The first-order valence-electron chi connectivity index (χ1n) is 6.77. The van der Waals surface area contributed by atoms with Gasteiger partial charge in [-0.05, 0) is 46.5 Å². The third-order valence-corrected chi connectivity index (χ3v) is 3.95. The lowest BCUT2D eigenvalue weighted by Crippen LogP contribution is -2.27. The van der Waals surface area contributed by atoms with Gasteiger partial charge in [-0.15, -0.1) is 0 Å².